The Kier molecular flexibility index (Phi) is 6.94. The third kappa shape index (κ3) is 6.44. The van der Waals surface area contributed by atoms with E-state index in [4.69, 9.17) is 5.11 Å². The fourth-order valence-electron chi connectivity index (χ4n) is 1.80. The van der Waals surface area contributed by atoms with Crippen LogP contribution in [0.2, 0.25) is 0 Å². The zero-order valence-corrected chi connectivity index (χ0v) is 12.9. The van der Waals surface area contributed by atoms with Gasteiger partial charge in [-0.15, -0.1) is 0 Å². The van der Waals surface area contributed by atoms with E-state index in [9.17, 15) is 14.4 Å². The van der Waals surface area contributed by atoms with Gasteiger partial charge in [0.2, 0.25) is 5.91 Å². The Balaban J connectivity index is 2.74. The van der Waals surface area contributed by atoms with Gasteiger partial charge in [0.25, 0.3) is 0 Å². The first-order valence-corrected chi connectivity index (χ1v) is 7.56. The summed E-state index contributed by atoms with van der Waals surface area (Å²) in [6.07, 6.45) is 0. The molecule has 0 heterocycles. The van der Waals surface area contributed by atoms with Crippen molar-refractivity contribution >= 4 is 28.8 Å². The van der Waals surface area contributed by atoms with Crippen LogP contribution >= 0.6 is 11.8 Å². The smallest absolute Gasteiger partial charge is 0.323 e. The fourth-order valence-corrected chi connectivity index (χ4v) is 2.43. The summed E-state index contributed by atoms with van der Waals surface area (Å²) in [6, 6.07) is 9.23. The molecule has 0 radical (unpaired) electrons. The lowest BCUT2D eigenvalue weighted by atomic mass is 10.1. The first-order chi connectivity index (χ1) is 9.90. The molecule has 5 nitrogen and oxygen atoms in total. The Hall–Kier alpha value is -1.82. The van der Waals surface area contributed by atoms with Crippen molar-refractivity contribution in [2.45, 2.75) is 20.4 Å². The number of carboxylic acids is 1. The number of aliphatic carboxylic acids is 1. The van der Waals surface area contributed by atoms with Gasteiger partial charge in [-0.3, -0.25) is 14.4 Å². The van der Waals surface area contributed by atoms with Crippen molar-refractivity contribution in [3.05, 3.63) is 35.9 Å². The van der Waals surface area contributed by atoms with E-state index in [0.717, 1.165) is 17.3 Å². The number of hydrogen-bond acceptors (Lipinski definition) is 4. The van der Waals surface area contributed by atoms with E-state index in [2.05, 4.69) is 0 Å². The molecule has 0 saturated carbocycles. The van der Waals surface area contributed by atoms with E-state index in [-0.39, 0.29) is 24.1 Å². The first kappa shape index (κ1) is 17.2. The highest BCUT2D eigenvalue weighted by atomic mass is 32.2. The molecule has 0 aliphatic carbocycles. The van der Waals surface area contributed by atoms with Crippen LogP contribution in [0.25, 0.3) is 0 Å². The molecule has 0 aromatic heterocycles. The highest BCUT2D eigenvalue weighted by Gasteiger charge is 2.23. The molecule has 0 aliphatic heterocycles. The molecule has 0 saturated heterocycles. The molecule has 0 fully saturated rings. The van der Waals surface area contributed by atoms with Crippen molar-refractivity contribution in [1.82, 2.24) is 4.90 Å². The normalized spacial score (nSPS) is 11.7. The number of carbonyl (C=O) groups excluding carboxylic acids is 2. The largest absolute Gasteiger partial charge is 0.480 e. The number of hydrogen-bond donors (Lipinski definition) is 1. The molecule has 1 aromatic rings. The maximum atomic E-state index is 12.3. The molecule has 1 aromatic carbocycles. The lowest BCUT2D eigenvalue weighted by Crippen LogP contribution is -2.39. The second-order valence-corrected chi connectivity index (χ2v) is 5.97. The quantitative estimate of drug-likeness (QED) is 0.834. The summed E-state index contributed by atoms with van der Waals surface area (Å²) < 4.78 is 0. The molecular formula is C15H19NO4S. The van der Waals surface area contributed by atoms with Crippen molar-refractivity contribution in [3.8, 4) is 0 Å². The van der Waals surface area contributed by atoms with Crippen LogP contribution in [0.5, 0.6) is 0 Å². The number of amides is 1. The van der Waals surface area contributed by atoms with Crippen LogP contribution in [0.15, 0.2) is 30.3 Å². The van der Waals surface area contributed by atoms with Gasteiger partial charge < -0.3 is 10.0 Å². The summed E-state index contributed by atoms with van der Waals surface area (Å²) in [5.74, 6) is -1.35. The van der Waals surface area contributed by atoms with Crippen molar-refractivity contribution in [3.63, 3.8) is 0 Å². The average molecular weight is 309 g/mol. The van der Waals surface area contributed by atoms with E-state index in [0.29, 0.717) is 5.75 Å². The second-order valence-electron chi connectivity index (χ2n) is 4.78. The monoisotopic (exact) mass is 309 g/mol. The highest BCUT2D eigenvalue weighted by molar-refractivity contribution is 8.13. The highest BCUT2D eigenvalue weighted by Crippen LogP contribution is 2.14. The molecule has 0 aliphatic rings. The van der Waals surface area contributed by atoms with Crippen LogP contribution in [-0.4, -0.2) is 39.3 Å². The minimum absolute atomic E-state index is 0.0532. The van der Waals surface area contributed by atoms with E-state index < -0.39 is 11.9 Å². The van der Waals surface area contributed by atoms with E-state index in [1.165, 1.54) is 11.8 Å². The average Bonchev–Trinajstić information content (AvgIpc) is 2.43. The Morgan fingerprint density at radius 3 is 2.38 bits per heavy atom. The van der Waals surface area contributed by atoms with Crippen molar-refractivity contribution < 1.29 is 19.5 Å². The van der Waals surface area contributed by atoms with Gasteiger partial charge >= 0.3 is 5.97 Å². The summed E-state index contributed by atoms with van der Waals surface area (Å²) in [5.41, 5.74) is 0.874. The third-order valence-electron chi connectivity index (χ3n) is 2.81. The summed E-state index contributed by atoms with van der Waals surface area (Å²) in [4.78, 5) is 35.5. The zero-order chi connectivity index (χ0) is 15.8. The van der Waals surface area contributed by atoms with Gasteiger partial charge in [0, 0.05) is 25.1 Å². The van der Waals surface area contributed by atoms with Gasteiger partial charge in [0.1, 0.15) is 6.54 Å². The number of nitrogens with zero attached hydrogens (tertiary/aromatic N) is 1. The first-order valence-electron chi connectivity index (χ1n) is 6.58. The number of rotatable bonds is 7. The Morgan fingerprint density at radius 2 is 1.86 bits per heavy atom. The van der Waals surface area contributed by atoms with Crippen molar-refractivity contribution in [2.24, 2.45) is 5.92 Å². The lowest BCUT2D eigenvalue weighted by molar-refractivity contribution is -0.146. The summed E-state index contributed by atoms with van der Waals surface area (Å²) in [5, 5.41) is 8.90. The number of thioether (sulfide) groups is 1. The molecule has 21 heavy (non-hydrogen) atoms. The summed E-state index contributed by atoms with van der Waals surface area (Å²) in [7, 11) is 0. The van der Waals surface area contributed by atoms with E-state index in [1.807, 2.05) is 30.3 Å². The zero-order valence-electron chi connectivity index (χ0n) is 12.1. The van der Waals surface area contributed by atoms with Crippen molar-refractivity contribution in [2.75, 3.05) is 12.3 Å². The summed E-state index contributed by atoms with van der Waals surface area (Å²) >= 11 is 1.08. The third-order valence-corrected chi connectivity index (χ3v) is 3.89. The molecule has 6 heteroatoms. The van der Waals surface area contributed by atoms with Crippen LogP contribution in [0.1, 0.15) is 19.4 Å². The second kappa shape index (κ2) is 8.46. The molecule has 1 rings (SSSR count). The van der Waals surface area contributed by atoms with Crippen molar-refractivity contribution in [1.29, 1.82) is 0 Å². The topological polar surface area (TPSA) is 74.7 Å². The predicted molar refractivity (Wildman–Crippen MR) is 81.8 cm³/mol. The predicted octanol–water partition coefficient (Wildman–Crippen LogP) is 2.02. The number of carboxylic acid groups (broad SMARTS) is 1. The van der Waals surface area contributed by atoms with Crippen LogP contribution in [0, 0.1) is 5.92 Å². The molecule has 1 unspecified atom stereocenters. The lowest BCUT2D eigenvalue weighted by Gasteiger charge is -2.24. The number of carbonyl (C=O) groups is 3. The molecule has 114 valence electrons. The minimum Gasteiger partial charge on any atom is -0.480 e. The summed E-state index contributed by atoms with van der Waals surface area (Å²) in [6.45, 7) is 3.06. The Labute approximate surface area is 128 Å². The van der Waals surface area contributed by atoms with Gasteiger partial charge in [0.15, 0.2) is 5.12 Å². The van der Waals surface area contributed by atoms with Gasteiger partial charge in [-0.2, -0.15) is 0 Å². The standard InChI is InChI=1S/C15H19NO4S/c1-11(10-21-12(2)17)15(20)16(9-14(18)19)8-13-6-4-3-5-7-13/h3-7,11H,8-10H2,1-2H3,(H,18,19). The molecule has 0 spiro atoms. The Bertz CT molecular complexity index is 504. The Morgan fingerprint density at radius 1 is 1.24 bits per heavy atom. The van der Waals surface area contributed by atoms with E-state index >= 15 is 0 Å². The van der Waals surface area contributed by atoms with E-state index in [1.54, 1.807) is 6.92 Å². The van der Waals surface area contributed by atoms with Gasteiger partial charge in [-0.05, 0) is 5.56 Å². The molecule has 1 atom stereocenters. The van der Waals surface area contributed by atoms with Crippen LogP contribution in [-0.2, 0) is 20.9 Å². The number of benzene rings is 1. The maximum absolute atomic E-state index is 12.3. The minimum atomic E-state index is -1.05. The molecular weight excluding hydrogens is 290 g/mol. The maximum Gasteiger partial charge on any atom is 0.323 e. The molecule has 1 amide bonds. The fraction of sp³-hybridized carbons (Fsp3) is 0.400. The van der Waals surface area contributed by atoms with Gasteiger partial charge in [-0.25, -0.2) is 0 Å². The van der Waals surface area contributed by atoms with Crippen LogP contribution < -0.4 is 0 Å². The van der Waals surface area contributed by atoms with Gasteiger partial charge in [0.05, 0.1) is 0 Å². The van der Waals surface area contributed by atoms with Gasteiger partial charge in [-0.1, -0.05) is 49.0 Å². The molecule has 1 N–H and O–H groups in total. The molecule has 0 bridgehead atoms. The van der Waals surface area contributed by atoms with Crippen LogP contribution in [0.3, 0.4) is 0 Å². The van der Waals surface area contributed by atoms with Crippen LogP contribution in [0.4, 0.5) is 0 Å². The SMILES string of the molecule is CC(=O)SCC(C)C(=O)N(CC(=O)O)Cc1ccccc1.